The van der Waals surface area contributed by atoms with Gasteiger partial charge in [-0.3, -0.25) is 14.5 Å². The van der Waals surface area contributed by atoms with Gasteiger partial charge in [0.25, 0.3) is 0 Å². The zero-order chi connectivity index (χ0) is 17.4. The molecule has 132 valence electrons. The predicted octanol–water partition coefficient (Wildman–Crippen LogP) is 1.68. The van der Waals surface area contributed by atoms with Crippen molar-refractivity contribution in [2.24, 2.45) is 0 Å². The third-order valence-corrected chi connectivity index (χ3v) is 4.15. The van der Waals surface area contributed by atoms with E-state index in [0.29, 0.717) is 6.54 Å². The SMILES string of the molecule is CCCCN(C(C)=O)c1ccc(NC(=O)CN2CCNCC2)cc1. The van der Waals surface area contributed by atoms with Gasteiger partial charge < -0.3 is 15.5 Å². The first-order valence-corrected chi connectivity index (χ1v) is 8.71. The summed E-state index contributed by atoms with van der Waals surface area (Å²) in [5, 5.41) is 6.20. The summed E-state index contributed by atoms with van der Waals surface area (Å²) in [7, 11) is 0. The fourth-order valence-electron chi connectivity index (χ4n) is 2.78. The lowest BCUT2D eigenvalue weighted by molar-refractivity contribution is -0.118. The van der Waals surface area contributed by atoms with E-state index in [0.717, 1.165) is 56.9 Å². The highest BCUT2D eigenvalue weighted by atomic mass is 16.2. The second-order valence-electron chi connectivity index (χ2n) is 6.15. The van der Waals surface area contributed by atoms with E-state index in [1.807, 2.05) is 24.3 Å². The molecule has 2 amide bonds. The molecule has 0 radical (unpaired) electrons. The van der Waals surface area contributed by atoms with Crippen LogP contribution in [0.25, 0.3) is 0 Å². The number of carbonyl (C=O) groups excluding carboxylic acids is 2. The summed E-state index contributed by atoms with van der Waals surface area (Å²) in [6.45, 7) is 8.49. The molecule has 6 heteroatoms. The van der Waals surface area contributed by atoms with E-state index in [1.165, 1.54) is 0 Å². The van der Waals surface area contributed by atoms with Crippen LogP contribution in [0, 0.1) is 0 Å². The van der Waals surface area contributed by atoms with Gasteiger partial charge in [-0.1, -0.05) is 13.3 Å². The van der Waals surface area contributed by atoms with Crippen LogP contribution in [0.15, 0.2) is 24.3 Å². The summed E-state index contributed by atoms with van der Waals surface area (Å²) in [6, 6.07) is 7.48. The van der Waals surface area contributed by atoms with E-state index < -0.39 is 0 Å². The van der Waals surface area contributed by atoms with Crippen LogP contribution in [0.3, 0.4) is 0 Å². The average Bonchev–Trinajstić information content (AvgIpc) is 2.57. The van der Waals surface area contributed by atoms with E-state index in [4.69, 9.17) is 0 Å². The van der Waals surface area contributed by atoms with Crippen molar-refractivity contribution in [3.63, 3.8) is 0 Å². The fourth-order valence-corrected chi connectivity index (χ4v) is 2.78. The third-order valence-electron chi connectivity index (χ3n) is 4.15. The van der Waals surface area contributed by atoms with E-state index in [9.17, 15) is 9.59 Å². The van der Waals surface area contributed by atoms with Gasteiger partial charge in [-0.25, -0.2) is 0 Å². The van der Waals surface area contributed by atoms with Crippen molar-refractivity contribution in [3.05, 3.63) is 24.3 Å². The monoisotopic (exact) mass is 332 g/mol. The minimum atomic E-state index is -0.000873. The van der Waals surface area contributed by atoms with Gasteiger partial charge in [0.15, 0.2) is 0 Å². The number of nitrogens with zero attached hydrogens (tertiary/aromatic N) is 2. The molecule has 1 aliphatic heterocycles. The van der Waals surface area contributed by atoms with Gasteiger partial charge in [0.1, 0.15) is 0 Å². The minimum Gasteiger partial charge on any atom is -0.325 e. The maximum absolute atomic E-state index is 12.1. The molecule has 6 nitrogen and oxygen atoms in total. The van der Waals surface area contributed by atoms with Crippen molar-refractivity contribution in [1.29, 1.82) is 0 Å². The fraction of sp³-hybridized carbons (Fsp3) is 0.556. The Morgan fingerprint density at radius 3 is 2.46 bits per heavy atom. The Hall–Kier alpha value is -1.92. The molecule has 24 heavy (non-hydrogen) atoms. The number of hydrogen-bond donors (Lipinski definition) is 2. The molecule has 1 aliphatic rings. The van der Waals surface area contributed by atoms with Crippen LogP contribution < -0.4 is 15.5 Å². The van der Waals surface area contributed by atoms with Crippen LogP contribution in [-0.2, 0) is 9.59 Å². The van der Waals surface area contributed by atoms with Gasteiger partial charge in [-0.05, 0) is 30.7 Å². The van der Waals surface area contributed by atoms with Crippen molar-refractivity contribution >= 4 is 23.2 Å². The maximum Gasteiger partial charge on any atom is 0.238 e. The highest BCUT2D eigenvalue weighted by Crippen LogP contribution is 2.19. The van der Waals surface area contributed by atoms with Gasteiger partial charge in [0, 0.05) is 51.0 Å². The van der Waals surface area contributed by atoms with Gasteiger partial charge in [-0.15, -0.1) is 0 Å². The molecular weight excluding hydrogens is 304 g/mol. The van der Waals surface area contributed by atoms with Gasteiger partial charge in [0.05, 0.1) is 6.54 Å². The molecule has 1 heterocycles. The number of hydrogen-bond acceptors (Lipinski definition) is 4. The number of unbranched alkanes of at least 4 members (excludes halogenated alkanes) is 1. The summed E-state index contributed by atoms with van der Waals surface area (Å²) in [5.74, 6) is 0.0398. The summed E-state index contributed by atoms with van der Waals surface area (Å²) < 4.78 is 0. The zero-order valence-corrected chi connectivity index (χ0v) is 14.7. The summed E-state index contributed by atoms with van der Waals surface area (Å²) >= 11 is 0. The summed E-state index contributed by atoms with van der Waals surface area (Å²) in [4.78, 5) is 27.8. The Balaban J connectivity index is 1.90. The standard InChI is InChI=1S/C18H28N4O2/c1-3-4-11-22(15(2)23)17-7-5-16(6-8-17)20-18(24)14-21-12-9-19-10-13-21/h5-8,19H,3-4,9-14H2,1-2H3,(H,20,24). The lowest BCUT2D eigenvalue weighted by Gasteiger charge is -2.26. The van der Waals surface area contributed by atoms with Crippen LogP contribution >= 0.6 is 0 Å². The average molecular weight is 332 g/mol. The number of piperazine rings is 1. The van der Waals surface area contributed by atoms with Crippen LogP contribution in [0.2, 0.25) is 0 Å². The topological polar surface area (TPSA) is 64.7 Å². The Bertz CT molecular complexity index is 538. The van der Waals surface area contributed by atoms with Crippen LogP contribution in [0.5, 0.6) is 0 Å². The Kier molecular flexibility index (Phi) is 7.21. The van der Waals surface area contributed by atoms with E-state index in [-0.39, 0.29) is 11.8 Å². The quantitative estimate of drug-likeness (QED) is 0.797. The first-order chi connectivity index (χ1) is 11.6. The summed E-state index contributed by atoms with van der Waals surface area (Å²) in [6.07, 6.45) is 2.02. The third kappa shape index (κ3) is 5.62. The van der Waals surface area contributed by atoms with Crippen molar-refractivity contribution in [2.45, 2.75) is 26.7 Å². The minimum absolute atomic E-state index is 0.000873. The molecule has 1 saturated heterocycles. The van der Waals surface area contributed by atoms with E-state index in [1.54, 1.807) is 11.8 Å². The number of benzene rings is 1. The first-order valence-electron chi connectivity index (χ1n) is 8.71. The van der Waals surface area contributed by atoms with Crippen LogP contribution in [-0.4, -0.2) is 56.0 Å². The molecular formula is C18H28N4O2. The number of amides is 2. The van der Waals surface area contributed by atoms with Crippen LogP contribution in [0.4, 0.5) is 11.4 Å². The highest BCUT2D eigenvalue weighted by molar-refractivity contribution is 5.94. The molecule has 0 spiro atoms. The van der Waals surface area contributed by atoms with E-state index in [2.05, 4.69) is 22.5 Å². The molecule has 0 bridgehead atoms. The molecule has 1 aromatic carbocycles. The van der Waals surface area contributed by atoms with Crippen molar-refractivity contribution in [1.82, 2.24) is 10.2 Å². The number of anilines is 2. The first kappa shape index (κ1) is 18.4. The van der Waals surface area contributed by atoms with Crippen LogP contribution in [0.1, 0.15) is 26.7 Å². The van der Waals surface area contributed by atoms with Crippen molar-refractivity contribution < 1.29 is 9.59 Å². The molecule has 0 unspecified atom stereocenters. The maximum atomic E-state index is 12.1. The molecule has 0 aromatic heterocycles. The Morgan fingerprint density at radius 2 is 1.88 bits per heavy atom. The number of rotatable bonds is 7. The number of nitrogens with one attached hydrogen (secondary N) is 2. The summed E-state index contributed by atoms with van der Waals surface area (Å²) in [5.41, 5.74) is 1.63. The molecule has 0 saturated carbocycles. The Labute approximate surface area is 144 Å². The van der Waals surface area contributed by atoms with Gasteiger partial charge >= 0.3 is 0 Å². The smallest absolute Gasteiger partial charge is 0.238 e. The Morgan fingerprint density at radius 1 is 1.21 bits per heavy atom. The molecule has 0 atom stereocenters. The molecule has 1 fully saturated rings. The lowest BCUT2D eigenvalue weighted by atomic mass is 10.2. The van der Waals surface area contributed by atoms with Gasteiger partial charge in [-0.2, -0.15) is 0 Å². The molecule has 2 N–H and O–H groups in total. The zero-order valence-electron chi connectivity index (χ0n) is 14.7. The second kappa shape index (κ2) is 9.39. The normalized spacial score (nSPS) is 15.1. The molecule has 1 aromatic rings. The molecule has 2 rings (SSSR count). The lowest BCUT2D eigenvalue weighted by Crippen LogP contribution is -2.46. The largest absolute Gasteiger partial charge is 0.325 e. The van der Waals surface area contributed by atoms with Crippen molar-refractivity contribution in [3.8, 4) is 0 Å². The van der Waals surface area contributed by atoms with Crippen molar-refractivity contribution in [2.75, 3.05) is 49.5 Å². The number of carbonyl (C=O) groups is 2. The van der Waals surface area contributed by atoms with Gasteiger partial charge in [0.2, 0.25) is 11.8 Å². The predicted molar refractivity (Wildman–Crippen MR) is 97.3 cm³/mol. The molecule has 0 aliphatic carbocycles. The highest BCUT2D eigenvalue weighted by Gasteiger charge is 2.14. The van der Waals surface area contributed by atoms with E-state index >= 15 is 0 Å². The second-order valence-corrected chi connectivity index (χ2v) is 6.15.